The van der Waals surface area contributed by atoms with E-state index in [1.807, 2.05) is 48.2 Å². The number of rotatable bonds is 7. The van der Waals surface area contributed by atoms with Crippen LogP contribution in [-0.4, -0.2) is 49.0 Å². The molecule has 1 unspecified atom stereocenters. The van der Waals surface area contributed by atoms with E-state index in [1.54, 1.807) is 24.3 Å². The third kappa shape index (κ3) is 5.55. The molecule has 1 aliphatic heterocycles. The number of benzene rings is 2. The van der Waals surface area contributed by atoms with Crippen LogP contribution in [0.4, 0.5) is 11.4 Å². The van der Waals surface area contributed by atoms with Crippen LogP contribution in [0.3, 0.4) is 0 Å². The zero-order chi connectivity index (χ0) is 23.2. The molecule has 2 aromatic carbocycles. The summed E-state index contributed by atoms with van der Waals surface area (Å²) >= 11 is 0. The summed E-state index contributed by atoms with van der Waals surface area (Å²) in [5.74, 6) is 0.900. The number of carbonyl (C=O) groups excluding carboxylic acids is 2. The van der Waals surface area contributed by atoms with Gasteiger partial charge < -0.3 is 24.3 Å². The van der Waals surface area contributed by atoms with Crippen LogP contribution in [0.5, 0.6) is 5.75 Å². The van der Waals surface area contributed by atoms with Gasteiger partial charge in [0.2, 0.25) is 0 Å². The van der Waals surface area contributed by atoms with Crippen molar-refractivity contribution >= 4 is 23.2 Å². The number of furan rings is 1. The maximum Gasteiger partial charge on any atom is 0.289 e. The summed E-state index contributed by atoms with van der Waals surface area (Å²) in [6.07, 6.45) is 2.58. The molecular weight excluding hydrogens is 418 g/mol. The number of carbonyl (C=O) groups is 2. The molecule has 2 amide bonds. The van der Waals surface area contributed by atoms with Crippen molar-refractivity contribution in [2.75, 3.05) is 36.4 Å². The van der Waals surface area contributed by atoms with Crippen molar-refractivity contribution in [1.29, 1.82) is 0 Å². The first-order chi connectivity index (χ1) is 16.0. The molecule has 0 bridgehead atoms. The molecule has 7 heteroatoms. The number of anilines is 2. The third-order valence-electron chi connectivity index (χ3n) is 5.82. The second kappa shape index (κ2) is 10.3. The molecule has 33 heavy (non-hydrogen) atoms. The zero-order valence-electron chi connectivity index (χ0n) is 19.0. The van der Waals surface area contributed by atoms with E-state index in [-0.39, 0.29) is 17.9 Å². The first-order valence-electron chi connectivity index (χ1n) is 11.3. The Morgan fingerprint density at radius 1 is 1.00 bits per heavy atom. The topological polar surface area (TPSA) is 75.0 Å². The van der Waals surface area contributed by atoms with Gasteiger partial charge in [-0.05, 0) is 74.0 Å². The van der Waals surface area contributed by atoms with Crippen LogP contribution in [0, 0.1) is 0 Å². The van der Waals surface area contributed by atoms with Crippen molar-refractivity contribution < 1.29 is 18.7 Å². The summed E-state index contributed by atoms with van der Waals surface area (Å²) in [6.45, 7) is 6.84. The highest BCUT2D eigenvalue weighted by Gasteiger charge is 2.23. The molecule has 0 radical (unpaired) electrons. The lowest BCUT2D eigenvalue weighted by molar-refractivity contribution is 0.0714. The van der Waals surface area contributed by atoms with E-state index in [9.17, 15) is 9.59 Å². The largest absolute Gasteiger partial charge is 0.491 e. The Morgan fingerprint density at radius 2 is 1.70 bits per heavy atom. The van der Waals surface area contributed by atoms with E-state index in [0.717, 1.165) is 36.6 Å². The average molecular weight is 448 g/mol. The fraction of sp³-hybridized carbons (Fsp3) is 0.308. The van der Waals surface area contributed by atoms with Gasteiger partial charge in [-0.3, -0.25) is 9.59 Å². The van der Waals surface area contributed by atoms with Gasteiger partial charge in [-0.1, -0.05) is 6.92 Å². The van der Waals surface area contributed by atoms with Crippen LogP contribution < -0.4 is 15.0 Å². The van der Waals surface area contributed by atoms with E-state index < -0.39 is 0 Å². The summed E-state index contributed by atoms with van der Waals surface area (Å²) < 4.78 is 11.0. The van der Waals surface area contributed by atoms with Gasteiger partial charge in [-0.15, -0.1) is 0 Å². The SMILES string of the molecule is CCC(C)Oc1ccc(C(=O)Nc2ccc(N3CCN(C(=O)c4ccco4)CC3)cc2)cc1. The lowest BCUT2D eigenvalue weighted by Gasteiger charge is -2.35. The maximum atomic E-state index is 12.6. The monoisotopic (exact) mass is 447 g/mol. The molecule has 172 valence electrons. The van der Waals surface area contributed by atoms with E-state index in [4.69, 9.17) is 9.15 Å². The molecule has 1 atom stereocenters. The van der Waals surface area contributed by atoms with Gasteiger partial charge in [0.15, 0.2) is 5.76 Å². The number of nitrogens with zero attached hydrogens (tertiary/aromatic N) is 2. The fourth-order valence-corrected chi connectivity index (χ4v) is 3.68. The van der Waals surface area contributed by atoms with Gasteiger partial charge >= 0.3 is 0 Å². The number of piperazine rings is 1. The summed E-state index contributed by atoms with van der Waals surface area (Å²) in [5.41, 5.74) is 2.37. The van der Waals surface area contributed by atoms with Crippen LogP contribution in [0.1, 0.15) is 41.2 Å². The van der Waals surface area contributed by atoms with Gasteiger partial charge in [0.1, 0.15) is 5.75 Å². The highest BCUT2D eigenvalue weighted by atomic mass is 16.5. The predicted octanol–water partition coefficient (Wildman–Crippen LogP) is 4.67. The molecular formula is C26H29N3O4. The first kappa shape index (κ1) is 22.5. The van der Waals surface area contributed by atoms with E-state index in [2.05, 4.69) is 17.1 Å². The van der Waals surface area contributed by atoms with Gasteiger partial charge in [-0.2, -0.15) is 0 Å². The van der Waals surface area contributed by atoms with E-state index >= 15 is 0 Å². The molecule has 0 spiro atoms. The van der Waals surface area contributed by atoms with Gasteiger partial charge in [-0.25, -0.2) is 0 Å². The smallest absolute Gasteiger partial charge is 0.289 e. The number of nitrogens with one attached hydrogen (secondary N) is 1. The van der Waals surface area contributed by atoms with E-state index in [0.29, 0.717) is 24.4 Å². The number of amides is 2. The Bertz CT molecular complexity index is 1050. The van der Waals surface area contributed by atoms with Crippen LogP contribution in [-0.2, 0) is 0 Å². The maximum absolute atomic E-state index is 12.6. The van der Waals surface area contributed by atoms with Gasteiger partial charge in [0, 0.05) is 43.1 Å². The summed E-state index contributed by atoms with van der Waals surface area (Å²) in [5, 5.41) is 2.94. The minimum absolute atomic E-state index is 0.0721. The molecule has 1 fully saturated rings. The predicted molar refractivity (Wildman–Crippen MR) is 128 cm³/mol. The minimum Gasteiger partial charge on any atom is -0.491 e. The van der Waals surface area contributed by atoms with Crippen molar-refractivity contribution in [3.05, 3.63) is 78.3 Å². The van der Waals surface area contributed by atoms with Crippen molar-refractivity contribution in [2.45, 2.75) is 26.4 Å². The lowest BCUT2D eigenvalue weighted by atomic mass is 10.2. The molecule has 1 N–H and O–H groups in total. The Balaban J connectivity index is 1.29. The first-order valence-corrected chi connectivity index (χ1v) is 11.3. The quantitative estimate of drug-likeness (QED) is 0.570. The Kier molecular flexibility index (Phi) is 6.98. The Morgan fingerprint density at radius 3 is 2.30 bits per heavy atom. The zero-order valence-corrected chi connectivity index (χ0v) is 19.0. The summed E-state index contributed by atoms with van der Waals surface area (Å²) in [4.78, 5) is 29.0. The standard InChI is InChI=1S/C26H29N3O4/c1-3-19(2)33-23-12-6-20(7-13-23)25(30)27-21-8-10-22(11-9-21)28-14-16-29(17-15-28)26(31)24-5-4-18-32-24/h4-13,18-19H,3,14-17H2,1-2H3,(H,27,30). The number of ether oxygens (including phenoxy) is 1. The Labute approximate surface area is 193 Å². The van der Waals surface area contributed by atoms with Crippen LogP contribution >= 0.6 is 0 Å². The summed E-state index contributed by atoms with van der Waals surface area (Å²) in [7, 11) is 0. The van der Waals surface area contributed by atoms with Crippen molar-refractivity contribution in [3.8, 4) is 5.75 Å². The fourth-order valence-electron chi connectivity index (χ4n) is 3.68. The average Bonchev–Trinajstić information content (AvgIpc) is 3.39. The molecule has 0 aliphatic carbocycles. The highest BCUT2D eigenvalue weighted by Crippen LogP contribution is 2.21. The molecule has 1 saturated heterocycles. The van der Waals surface area contributed by atoms with Gasteiger partial charge in [0.05, 0.1) is 12.4 Å². The number of hydrogen-bond donors (Lipinski definition) is 1. The molecule has 1 aliphatic rings. The molecule has 4 rings (SSSR count). The van der Waals surface area contributed by atoms with Gasteiger partial charge in [0.25, 0.3) is 11.8 Å². The summed E-state index contributed by atoms with van der Waals surface area (Å²) in [6, 6.07) is 18.4. The lowest BCUT2D eigenvalue weighted by Crippen LogP contribution is -2.48. The second-order valence-corrected chi connectivity index (χ2v) is 8.12. The molecule has 2 heterocycles. The number of hydrogen-bond acceptors (Lipinski definition) is 5. The molecule has 0 saturated carbocycles. The van der Waals surface area contributed by atoms with Crippen LogP contribution in [0.2, 0.25) is 0 Å². The van der Waals surface area contributed by atoms with Crippen molar-refractivity contribution in [3.63, 3.8) is 0 Å². The molecule has 3 aromatic rings. The molecule has 1 aromatic heterocycles. The van der Waals surface area contributed by atoms with Crippen LogP contribution in [0.25, 0.3) is 0 Å². The van der Waals surface area contributed by atoms with Crippen molar-refractivity contribution in [1.82, 2.24) is 4.90 Å². The normalized spacial score (nSPS) is 14.6. The minimum atomic E-state index is -0.164. The third-order valence-corrected chi connectivity index (χ3v) is 5.82. The van der Waals surface area contributed by atoms with E-state index in [1.165, 1.54) is 6.26 Å². The Hall–Kier alpha value is -3.74. The second-order valence-electron chi connectivity index (χ2n) is 8.12. The molecule has 7 nitrogen and oxygen atoms in total. The van der Waals surface area contributed by atoms with Crippen molar-refractivity contribution in [2.24, 2.45) is 0 Å². The highest BCUT2D eigenvalue weighted by molar-refractivity contribution is 6.04. The van der Waals surface area contributed by atoms with Crippen LogP contribution in [0.15, 0.2) is 71.3 Å².